The molecule has 1 heterocycles. The van der Waals surface area contributed by atoms with Gasteiger partial charge in [-0.25, -0.2) is 0 Å². The van der Waals surface area contributed by atoms with Crippen LogP contribution in [0, 0.1) is 0 Å². The number of aryl methyl sites for hydroxylation is 1. The maximum absolute atomic E-state index is 11.4. The van der Waals surface area contributed by atoms with Gasteiger partial charge in [-0.2, -0.15) is 5.10 Å². The number of nitrogens with one attached hydrogen (secondary N) is 1. The molecule has 0 fully saturated rings. The first kappa shape index (κ1) is 12.7. The van der Waals surface area contributed by atoms with E-state index in [-0.39, 0.29) is 12.0 Å². The first-order valence-corrected chi connectivity index (χ1v) is 5.60. The van der Waals surface area contributed by atoms with Crippen molar-refractivity contribution in [1.29, 1.82) is 0 Å². The Morgan fingerprint density at radius 1 is 1.62 bits per heavy atom. The largest absolute Gasteiger partial charge is 0.369 e. The van der Waals surface area contributed by atoms with Crippen LogP contribution in [0.4, 0.5) is 0 Å². The van der Waals surface area contributed by atoms with Crippen LogP contribution in [0.5, 0.6) is 0 Å². The topological polar surface area (TPSA) is 56.1 Å². The van der Waals surface area contributed by atoms with Crippen LogP contribution in [-0.4, -0.2) is 34.9 Å². The fourth-order valence-corrected chi connectivity index (χ4v) is 1.35. The lowest BCUT2D eigenvalue weighted by atomic mass is 10.3. The molecule has 0 aromatic carbocycles. The molecule has 5 nitrogen and oxygen atoms in total. The summed E-state index contributed by atoms with van der Waals surface area (Å²) >= 11 is 0. The highest BCUT2D eigenvalue weighted by Gasteiger charge is 2.10. The van der Waals surface area contributed by atoms with Crippen molar-refractivity contribution in [3.05, 3.63) is 18.5 Å². The van der Waals surface area contributed by atoms with E-state index in [1.165, 1.54) is 0 Å². The zero-order valence-electron chi connectivity index (χ0n) is 9.85. The molecule has 1 rings (SSSR count). The standard InChI is InChI=1S/C11H19N3O2/c1-3-16-10(2)11(15)12-6-4-8-14-9-5-7-13-14/h5,7,9-10H,3-4,6,8H2,1-2H3,(H,12,15). The molecule has 0 aliphatic heterocycles. The molecule has 5 heteroatoms. The Labute approximate surface area is 95.8 Å². The number of aromatic nitrogens is 2. The van der Waals surface area contributed by atoms with Crippen LogP contribution in [0.2, 0.25) is 0 Å². The van der Waals surface area contributed by atoms with Gasteiger partial charge in [0.2, 0.25) is 5.91 Å². The molecule has 16 heavy (non-hydrogen) atoms. The summed E-state index contributed by atoms with van der Waals surface area (Å²) in [5.41, 5.74) is 0. The van der Waals surface area contributed by atoms with E-state index in [2.05, 4.69) is 10.4 Å². The second-order valence-corrected chi connectivity index (χ2v) is 3.51. The van der Waals surface area contributed by atoms with Gasteiger partial charge in [0.25, 0.3) is 0 Å². The van der Waals surface area contributed by atoms with Crippen LogP contribution < -0.4 is 5.32 Å². The third-order valence-corrected chi connectivity index (χ3v) is 2.21. The Bertz CT molecular complexity index is 298. The number of hydrogen-bond donors (Lipinski definition) is 1. The summed E-state index contributed by atoms with van der Waals surface area (Å²) in [7, 11) is 0. The van der Waals surface area contributed by atoms with Crippen molar-refractivity contribution in [2.24, 2.45) is 0 Å². The summed E-state index contributed by atoms with van der Waals surface area (Å²) in [6.07, 6.45) is 4.15. The maximum Gasteiger partial charge on any atom is 0.248 e. The first-order valence-electron chi connectivity index (χ1n) is 5.60. The van der Waals surface area contributed by atoms with Crippen LogP contribution in [0.15, 0.2) is 18.5 Å². The Hall–Kier alpha value is -1.36. The number of nitrogens with zero attached hydrogens (tertiary/aromatic N) is 2. The Morgan fingerprint density at radius 2 is 2.44 bits per heavy atom. The zero-order chi connectivity index (χ0) is 11.8. The number of carbonyl (C=O) groups is 1. The Kier molecular flexibility index (Phi) is 5.56. The monoisotopic (exact) mass is 225 g/mol. The van der Waals surface area contributed by atoms with Gasteiger partial charge in [-0.15, -0.1) is 0 Å². The van der Waals surface area contributed by atoms with Crippen LogP contribution in [0.25, 0.3) is 0 Å². The van der Waals surface area contributed by atoms with Gasteiger partial charge in [0.1, 0.15) is 6.10 Å². The molecule has 0 saturated heterocycles. The molecule has 0 saturated carbocycles. The third-order valence-electron chi connectivity index (χ3n) is 2.21. The van der Waals surface area contributed by atoms with E-state index in [0.29, 0.717) is 13.2 Å². The highest BCUT2D eigenvalue weighted by molar-refractivity contribution is 5.80. The van der Waals surface area contributed by atoms with Gasteiger partial charge in [0, 0.05) is 32.1 Å². The lowest BCUT2D eigenvalue weighted by Gasteiger charge is -2.11. The van der Waals surface area contributed by atoms with Crippen LogP contribution in [0.3, 0.4) is 0 Å². The highest BCUT2D eigenvalue weighted by atomic mass is 16.5. The summed E-state index contributed by atoms with van der Waals surface area (Å²) in [6.45, 7) is 5.65. The number of rotatable bonds is 7. The molecule has 1 aromatic heterocycles. The average molecular weight is 225 g/mol. The number of ether oxygens (including phenoxy) is 1. The molecular weight excluding hydrogens is 206 g/mol. The molecule has 1 unspecified atom stereocenters. The second-order valence-electron chi connectivity index (χ2n) is 3.51. The van der Waals surface area contributed by atoms with E-state index < -0.39 is 0 Å². The quantitative estimate of drug-likeness (QED) is 0.699. The smallest absolute Gasteiger partial charge is 0.248 e. The molecule has 0 spiro atoms. The molecule has 0 aliphatic carbocycles. The van der Waals surface area contributed by atoms with Gasteiger partial charge >= 0.3 is 0 Å². The van der Waals surface area contributed by atoms with Crippen LogP contribution in [0.1, 0.15) is 20.3 Å². The average Bonchev–Trinajstić information content (AvgIpc) is 2.77. The minimum atomic E-state index is -0.366. The SMILES string of the molecule is CCOC(C)C(=O)NCCCn1cccn1. The van der Waals surface area contributed by atoms with E-state index in [1.807, 2.05) is 23.9 Å². The number of hydrogen-bond acceptors (Lipinski definition) is 3. The normalized spacial score (nSPS) is 12.4. The van der Waals surface area contributed by atoms with E-state index in [0.717, 1.165) is 13.0 Å². The van der Waals surface area contributed by atoms with Crippen molar-refractivity contribution in [1.82, 2.24) is 15.1 Å². The summed E-state index contributed by atoms with van der Waals surface area (Å²) < 4.78 is 7.02. The fraction of sp³-hybridized carbons (Fsp3) is 0.636. The first-order chi connectivity index (χ1) is 7.74. The number of carbonyl (C=O) groups excluding carboxylic acids is 1. The molecule has 0 aliphatic rings. The summed E-state index contributed by atoms with van der Waals surface area (Å²) in [5.74, 6) is -0.0534. The molecule has 0 radical (unpaired) electrons. The van der Waals surface area contributed by atoms with Crippen molar-refractivity contribution in [2.75, 3.05) is 13.2 Å². The predicted octanol–water partition coefficient (Wildman–Crippen LogP) is 0.814. The van der Waals surface area contributed by atoms with E-state index in [9.17, 15) is 4.79 Å². The van der Waals surface area contributed by atoms with Crippen molar-refractivity contribution in [3.63, 3.8) is 0 Å². The predicted molar refractivity (Wildman–Crippen MR) is 60.9 cm³/mol. The van der Waals surface area contributed by atoms with Gasteiger partial charge < -0.3 is 10.1 Å². The van der Waals surface area contributed by atoms with Crippen molar-refractivity contribution in [3.8, 4) is 0 Å². The fourth-order valence-electron chi connectivity index (χ4n) is 1.35. The lowest BCUT2D eigenvalue weighted by molar-refractivity contribution is -0.131. The lowest BCUT2D eigenvalue weighted by Crippen LogP contribution is -2.35. The molecule has 0 bridgehead atoms. The molecule has 1 N–H and O–H groups in total. The Morgan fingerprint density at radius 3 is 3.06 bits per heavy atom. The maximum atomic E-state index is 11.4. The highest BCUT2D eigenvalue weighted by Crippen LogP contribution is 1.91. The molecular formula is C11H19N3O2. The summed E-state index contributed by atoms with van der Waals surface area (Å²) in [5, 5.41) is 6.90. The van der Waals surface area contributed by atoms with E-state index in [4.69, 9.17) is 4.74 Å². The van der Waals surface area contributed by atoms with E-state index >= 15 is 0 Å². The number of amides is 1. The van der Waals surface area contributed by atoms with Crippen molar-refractivity contribution >= 4 is 5.91 Å². The van der Waals surface area contributed by atoms with Crippen LogP contribution >= 0.6 is 0 Å². The molecule has 90 valence electrons. The Balaban J connectivity index is 2.08. The minimum absolute atomic E-state index is 0.0534. The summed E-state index contributed by atoms with van der Waals surface area (Å²) in [4.78, 5) is 11.4. The third kappa shape index (κ3) is 4.44. The summed E-state index contributed by atoms with van der Waals surface area (Å²) in [6, 6.07) is 1.88. The van der Waals surface area contributed by atoms with Gasteiger partial charge in [-0.05, 0) is 26.3 Å². The van der Waals surface area contributed by atoms with E-state index in [1.54, 1.807) is 13.1 Å². The molecule has 1 atom stereocenters. The van der Waals surface area contributed by atoms with Crippen LogP contribution in [-0.2, 0) is 16.1 Å². The second kappa shape index (κ2) is 7.00. The van der Waals surface area contributed by atoms with Gasteiger partial charge in [-0.1, -0.05) is 0 Å². The van der Waals surface area contributed by atoms with Gasteiger partial charge in [-0.3, -0.25) is 9.48 Å². The van der Waals surface area contributed by atoms with Gasteiger partial charge in [0.15, 0.2) is 0 Å². The zero-order valence-corrected chi connectivity index (χ0v) is 9.85. The molecule has 1 aromatic rings. The van der Waals surface area contributed by atoms with Crippen molar-refractivity contribution < 1.29 is 9.53 Å². The molecule has 1 amide bonds. The van der Waals surface area contributed by atoms with Crippen molar-refractivity contribution in [2.45, 2.75) is 32.9 Å². The van der Waals surface area contributed by atoms with Gasteiger partial charge in [0.05, 0.1) is 0 Å². The minimum Gasteiger partial charge on any atom is -0.369 e.